The SMILES string of the molecule is CO[C@@H]1C(=O)N(c2ncc(-c3ccccc3)cn2)CC1(C)C. The Balaban J connectivity index is 1.87. The number of hydrogen-bond acceptors (Lipinski definition) is 4. The van der Waals surface area contributed by atoms with Gasteiger partial charge in [0.05, 0.1) is 0 Å². The summed E-state index contributed by atoms with van der Waals surface area (Å²) in [6.07, 6.45) is 3.04. The summed E-state index contributed by atoms with van der Waals surface area (Å²) in [6.45, 7) is 4.57. The number of ether oxygens (including phenoxy) is 1. The lowest BCUT2D eigenvalue weighted by molar-refractivity contribution is -0.128. The third-order valence-electron chi connectivity index (χ3n) is 3.99. The molecule has 114 valence electrons. The van der Waals surface area contributed by atoms with Crippen molar-refractivity contribution in [3.05, 3.63) is 42.7 Å². The highest BCUT2D eigenvalue weighted by atomic mass is 16.5. The van der Waals surface area contributed by atoms with Gasteiger partial charge in [-0.2, -0.15) is 0 Å². The van der Waals surface area contributed by atoms with E-state index < -0.39 is 6.10 Å². The molecule has 0 N–H and O–H groups in total. The second kappa shape index (κ2) is 5.50. The molecule has 5 heteroatoms. The van der Waals surface area contributed by atoms with Gasteiger partial charge in [-0.25, -0.2) is 9.97 Å². The summed E-state index contributed by atoms with van der Waals surface area (Å²) in [7, 11) is 1.56. The van der Waals surface area contributed by atoms with E-state index in [1.165, 1.54) is 0 Å². The fraction of sp³-hybridized carbons (Fsp3) is 0.353. The minimum atomic E-state index is -0.454. The van der Waals surface area contributed by atoms with Gasteiger partial charge >= 0.3 is 0 Å². The Morgan fingerprint density at radius 2 is 1.77 bits per heavy atom. The van der Waals surface area contributed by atoms with Crippen LogP contribution in [0.1, 0.15) is 13.8 Å². The van der Waals surface area contributed by atoms with E-state index in [-0.39, 0.29) is 11.3 Å². The molecule has 0 radical (unpaired) electrons. The van der Waals surface area contributed by atoms with Gasteiger partial charge in [-0.05, 0) is 5.56 Å². The Labute approximate surface area is 130 Å². The van der Waals surface area contributed by atoms with Crippen molar-refractivity contribution < 1.29 is 9.53 Å². The first kappa shape index (κ1) is 14.7. The van der Waals surface area contributed by atoms with Gasteiger partial charge in [0.2, 0.25) is 5.95 Å². The molecular formula is C17H19N3O2. The maximum Gasteiger partial charge on any atom is 0.259 e. The molecule has 1 aromatic heterocycles. The first-order valence-corrected chi connectivity index (χ1v) is 7.24. The van der Waals surface area contributed by atoms with Crippen LogP contribution in [0.15, 0.2) is 42.7 Å². The second-order valence-corrected chi connectivity index (χ2v) is 6.17. The highest BCUT2D eigenvalue weighted by Crippen LogP contribution is 2.34. The van der Waals surface area contributed by atoms with Crippen molar-refractivity contribution >= 4 is 11.9 Å². The number of benzene rings is 1. The van der Waals surface area contributed by atoms with Crippen LogP contribution in [0.4, 0.5) is 5.95 Å². The first-order chi connectivity index (χ1) is 10.5. The molecule has 1 saturated heterocycles. The fourth-order valence-corrected chi connectivity index (χ4v) is 2.87. The number of carbonyl (C=O) groups excluding carboxylic acids is 1. The molecule has 0 spiro atoms. The summed E-state index contributed by atoms with van der Waals surface area (Å²) < 4.78 is 5.34. The summed E-state index contributed by atoms with van der Waals surface area (Å²) >= 11 is 0. The minimum Gasteiger partial charge on any atom is -0.371 e. The number of hydrogen-bond donors (Lipinski definition) is 0. The van der Waals surface area contributed by atoms with Crippen molar-refractivity contribution in [3.63, 3.8) is 0 Å². The van der Waals surface area contributed by atoms with E-state index in [0.717, 1.165) is 11.1 Å². The van der Waals surface area contributed by atoms with Gasteiger partial charge in [0.1, 0.15) is 6.10 Å². The monoisotopic (exact) mass is 297 g/mol. The number of rotatable bonds is 3. The molecule has 0 aliphatic carbocycles. The molecule has 1 amide bonds. The molecule has 1 aliphatic heterocycles. The average molecular weight is 297 g/mol. The smallest absolute Gasteiger partial charge is 0.259 e. The predicted molar refractivity (Wildman–Crippen MR) is 84.4 cm³/mol. The molecule has 1 atom stereocenters. The third-order valence-corrected chi connectivity index (χ3v) is 3.99. The summed E-state index contributed by atoms with van der Waals surface area (Å²) in [5.74, 6) is 0.345. The summed E-state index contributed by atoms with van der Waals surface area (Å²) in [6, 6.07) is 9.92. The number of anilines is 1. The van der Waals surface area contributed by atoms with Crippen LogP contribution in [0.5, 0.6) is 0 Å². The van der Waals surface area contributed by atoms with Gasteiger partial charge in [0, 0.05) is 37.0 Å². The lowest BCUT2D eigenvalue weighted by Gasteiger charge is -2.21. The van der Waals surface area contributed by atoms with Crippen molar-refractivity contribution in [2.24, 2.45) is 5.41 Å². The van der Waals surface area contributed by atoms with Crippen molar-refractivity contribution in [1.29, 1.82) is 0 Å². The van der Waals surface area contributed by atoms with Gasteiger partial charge < -0.3 is 4.74 Å². The predicted octanol–water partition coefficient (Wildman–Crippen LogP) is 2.53. The molecule has 5 nitrogen and oxygen atoms in total. The van der Waals surface area contributed by atoms with Crippen molar-refractivity contribution in [1.82, 2.24) is 9.97 Å². The molecule has 0 unspecified atom stereocenters. The molecule has 1 aromatic carbocycles. The summed E-state index contributed by atoms with van der Waals surface area (Å²) in [5, 5.41) is 0. The maximum absolute atomic E-state index is 12.4. The molecule has 2 aromatic rings. The first-order valence-electron chi connectivity index (χ1n) is 7.24. The van der Waals surface area contributed by atoms with Crippen LogP contribution in [0, 0.1) is 5.41 Å². The van der Waals surface area contributed by atoms with Gasteiger partial charge in [-0.15, -0.1) is 0 Å². The highest BCUT2D eigenvalue weighted by Gasteiger charge is 2.47. The van der Waals surface area contributed by atoms with E-state index >= 15 is 0 Å². The fourth-order valence-electron chi connectivity index (χ4n) is 2.87. The molecule has 2 heterocycles. The van der Waals surface area contributed by atoms with E-state index in [2.05, 4.69) is 9.97 Å². The lowest BCUT2D eigenvalue weighted by Crippen LogP contribution is -2.33. The van der Waals surface area contributed by atoms with E-state index in [4.69, 9.17) is 4.74 Å². The third kappa shape index (κ3) is 2.48. The number of aromatic nitrogens is 2. The Morgan fingerprint density at radius 3 is 2.32 bits per heavy atom. The van der Waals surface area contributed by atoms with Crippen LogP contribution in [-0.4, -0.2) is 35.6 Å². The molecule has 3 rings (SSSR count). The molecule has 0 saturated carbocycles. The molecule has 1 fully saturated rings. The number of methoxy groups -OCH3 is 1. The van der Waals surface area contributed by atoms with Crippen LogP contribution in [0.2, 0.25) is 0 Å². The van der Waals surface area contributed by atoms with Crippen LogP contribution in [0.3, 0.4) is 0 Å². The van der Waals surface area contributed by atoms with Crippen molar-refractivity contribution in [2.45, 2.75) is 20.0 Å². The Hall–Kier alpha value is -2.27. The zero-order valence-electron chi connectivity index (χ0n) is 13.0. The van der Waals surface area contributed by atoms with E-state index in [9.17, 15) is 4.79 Å². The van der Waals surface area contributed by atoms with Crippen molar-refractivity contribution in [2.75, 3.05) is 18.6 Å². The van der Waals surface area contributed by atoms with Crippen LogP contribution in [-0.2, 0) is 9.53 Å². The average Bonchev–Trinajstić information content (AvgIpc) is 2.77. The van der Waals surface area contributed by atoms with Crippen LogP contribution in [0.25, 0.3) is 11.1 Å². The summed E-state index contributed by atoms with van der Waals surface area (Å²) in [5.41, 5.74) is 1.73. The van der Waals surface area contributed by atoms with E-state index in [0.29, 0.717) is 12.5 Å². The lowest BCUT2D eigenvalue weighted by atomic mass is 9.90. The second-order valence-electron chi connectivity index (χ2n) is 6.17. The molecule has 22 heavy (non-hydrogen) atoms. The maximum atomic E-state index is 12.4. The van der Waals surface area contributed by atoms with Crippen LogP contribution < -0.4 is 4.90 Å². The zero-order valence-corrected chi connectivity index (χ0v) is 13.0. The molecule has 1 aliphatic rings. The van der Waals surface area contributed by atoms with Crippen molar-refractivity contribution in [3.8, 4) is 11.1 Å². The minimum absolute atomic E-state index is 0.0834. The topological polar surface area (TPSA) is 55.3 Å². The Morgan fingerprint density at radius 1 is 1.14 bits per heavy atom. The summed E-state index contributed by atoms with van der Waals surface area (Å²) in [4.78, 5) is 22.7. The number of carbonyl (C=O) groups is 1. The highest BCUT2D eigenvalue weighted by molar-refractivity contribution is 5.98. The molecular weight excluding hydrogens is 278 g/mol. The van der Waals surface area contributed by atoms with Gasteiger partial charge in [-0.1, -0.05) is 44.2 Å². The van der Waals surface area contributed by atoms with E-state index in [1.807, 2.05) is 44.2 Å². The van der Waals surface area contributed by atoms with Gasteiger partial charge in [0.25, 0.3) is 5.91 Å². The number of nitrogens with zero attached hydrogens (tertiary/aromatic N) is 3. The quantitative estimate of drug-likeness (QED) is 0.873. The largest absolute Gasteiger partial charge is 0.371 e. The Bertz CT molecular complexity index is 668. The van der Waals surface area contributed by atoms with E-state index in [1.54, 1.807) is 24.4 Å². The van der Waals surface area contributed by atoms with Gasteiger partial charge in [0.15, 0.2) is 0 Å². The number of amides is 1. The molecule has 0 bridgehead atoms. The van der Waals surface area contributed by atoms with Gasteiger partial charge in [-0.3, -0.25) is 9.69 Å². The zero-order chi connectivity index (χ0) is 15.7. The van der Waals surface area contributed by atoms with Crippen LogP contribution >= 0.6 is 0 Å². The Kier molecular flexibility index (Phi) is 3.66. The normalized spacial score (nSPS) is 20.4. The standard InChI is InChI=1S/C17H19N3O2/c1-17(2)11-20(15(21)14(17)22-3)16-18-9-13(10-19-16)12-7-5-4-6-8-12/h4-10,14H,11H2,1-3H3/t14-/m1/s1.